The molecule has 2 rings (SSSR count). The second-order valence-corrected chi connectivity index (χ2v) is 4.39. The van der Waals surface area contributed by atoms with Gasteiger partial charge in [0.15, 0.2) is 0 Å². The molecule has 0 unspecified atom stereocenters. The molecule has 0 saturated heterocycles. The van der Waals surface area contributed by atoms with Gasteiger partial charge in [-0.05, 0) is 25.1 Å². The normalized spacial score (nSPS) is 11.2. The maximum atomic E-state index is 12.7. The summed E-state index contributed by atoms with van der Waals surface area (Å²) in [5.74, 6) is 0. The van der Waals surface area contributed by atoms with Crippen molar-refractivity contribution in [3.8, 4) is 11.8 Å². The van der Waals surface area contributed by atoms with Crippen molar-refractivity contribution in [2.75, 3.05) is 0 Å². The maximum absolute atomic E-state index is 12.7. The number of alkyl halides is 3. The predicted molar refractivity (Wildman–Crippen MR) is 68.9 cm³/mol. The van der Waals surface area contributed by atoms with Crippen molar-refractivity contribution in [1.29, 1.82) is 5.26 Å². The van der Waals surface area contributed by atoms with Gasteiger partial charge in [0.2, 0.25) is 5.43 Å². The molecule has 0 saturated carbocycles. The fourth-order valence-corrected chi connectivity index (χ4v) is 1.86. The molecule has 0 N–H and O–H groups in total. The summed E-state index contributed by atoms with van der Waals surface area (Å²) < 4.78 is 39.4. The Morgan fingerprint density at radius 1 is 1.33 bits per heavy atom. The molecule has 1 aromatic heterocycles. The zero-order valence-corrected chi connectivity index (χ0v) is 11.0. The SMILES string of the molecule is Cc1cc(=O)c(CC#N)nn1-c1cccc(C(F)(F)F)c1. The molecule has 2 aromatic rings. The molecule has 1 aromatic carbocycles. The van der Waals surface area contributed by atoms with Crippen LogP contribution in [0.4, 0.5) is 13.2 Å². The van der Waals surface area contributed by atoms with E-state index in [9.17, 15) is 18.0 Å². The van der Waals surface area contributed by atoms with Crippen molar-refractivity contribution in [2.45, 2.75) is 19.5 Å². The van der Waals surface area contributed by atoms with Gasteiger partial charge in [-0.25, -0.2) is 4.68 Å². The van der Waals surface area contributed by atoms with Crippen molar-refractivity contribution in [2.24, 2.45) is 0 Å². The number of nitrogens with zero attached hydrogens (tertiary/aromatic N) is 3. The molecule has 0 atom stereocenters. The number of aryl methyl sites for hydroxylation is 1. The maximum Gasteiger partial charge on any atom is 0.416 e. The first-order valence-electron chi connectivity index (χ1n) is 5.97. The third kappa shape index (κ3) is 3.11. The van der Waals surface area contributed by atoms with Crippen molar-refractivity contribution in [3.05, 3.63) is 57.5 Å². The zero-order valence-electron chi connectivity index (χ0n) is 11.0. The van der Waals surface area contributed by atoms with Gasteiger partial charge < -0.3 is 0 Å². The van der Waals surface area contributed by atoms with Crippen LogP contribution in [0.3, 0.4) is 0 Å². The molecule has 7 heteroatoms. The van der Waals surface area contributed by atoms with E-state index in [1.807, 2.05) is 0 Å². The molecule has 21 heavy (non-hydrogen) atoms. The van der Waals surface area contributed by atoms with E-state index < -0.39 is 17.2 Å². The molecule has 0 amide bonds. The number of benzene rings is 1. The molecular formula is C14H10F3N3O. The lowest BCUT2D eigenvalue weighted by molar-refractivity contribution is -0.137. The lowest BCUT2D eigenvalue weighted by Crippen LogP contribution is -2.18. The Bertz CT molecular complexity index is 772. The van der Waals surface area contributed by atoms with E-state index >= 15 is 0 Å². The van der Waals surface area contributed by atoms with Crippen LogP contribution in [0.5, 0.6) is 0 Å². The van der Waals surface area contributed by atoms with Gasteiger partial charge in [0, 0.05) is 11.8 Å². The summed E-state index contributed by atoms with van der Waals surface area (Å²) in [5.41, 5.74) is -0.637. The molecule has 0 aliphatic rings. The Kier molecular flexibility index (Phi) is 3.80. The van der Waals surface area contributed by atoms with E-state index in [0.717, 1.165) is 12.1 Å². The fourth-order valence-electron chi connectivity index (χ4n) is 1.86. The number of halogens is 3. The van der Waals surface area contributed by atoms with Crippen LogP contribution in [-0.2, 0) is 12.6 Å². The molecule has 0 fully saturated rings. The Labute approximate surface area is 118 Å². The average molecular weight is 293 g/mol. The van der Waals surface area contributed by atoms with Crippen LogP contribution in [0.25, 0.3) is 5.69 Å². The van der Waals surface area contributed by atoms with E-state index in [1.165, 1.54) is 22.9 Å². The van der Waals surface area contributed by atoms with Crippen molar-refractivity contribution in [1.82, 2.24) is 9.78 Å². The van der Waals surface area contributed by atoms with Gasteiger partial charge >= 0.3 is 6.18 Å². The smallest absolute Gasteiger partial charge is 0.288 e. The van der Waals surface area contributed by atoms with Crippen LogP contribution in [0.15, 0.2) is 35.1 Å². The molecule has 4 nitrogen and oxygen atoms in total. The van der Waals surface area contributed by atoms with Gasteiger partial charge in [0.25, 0.3) is 0 Å². The van der Waals surface area contributed by atoms with E-state index in [-0.39, 0.29) is 17.8 Å². The van der Waals surface area contributed by atoms with Gasteiger partial charge in [0.05, 0.1) is 23.7 Å². The Hall–Kier alpha value is -2.62. The van der Waals surface area contributed by atoms with Crippen LogP contribution in [0, 0.1) is 18.3 Å². The molecule has 0 aliphatic carbocycles. The highest BCUT2D eigenvalue weighted by atomic mass is 19.4. The first-order chi connectivity index (χ1) is 9.82. The minimum Gasteiger partial charge on any atom is -0.288 e. The first-order valence-corrected chi connectivity index (χ1v) is 5.97. The second-order valence-electron chi connectivity index (χ2n) is 4.39. The van der Waals surface area contributed by atoms with E-state index in [2.05, 4.69) is 5.10 Å². The van der Waals surface area contributed by atoms with Gasteiger partial charge in [-0.3, -0.25) is 4.79 Å². The Balaban J connectivity index is 2.60. The minimum atomic E-state index is -4.46. The number of aromatic nitrogens is 2. The summed E-state index contributed by atoms with van der Waals surface area (Å²) in [6, 6.07) is 7.67. The topological polar surface area (TPSA) is 58.7 Å². The number of nitriles is 1. The monoisotopic (exact) mass is 293 g/mol. The third-order valence-electron chi connectivity index (χ3n) is 2.84. The molecular weight excluding hydrogens is 283 g/mol. The molecule has 0 spiro atoms. The van der Waals surface area contributed by atoms with Crippen LogP contribution < -0.4 is 5.43 Å². The first kappa shape index (κ1) is 14.8. The summed E-state index contributed by atoms with van der Waals surface area (Å²) in [6.07, 6.45) is -4.66. The van der Waals surface area contributed by atoms with Crippen LogP contribution in [0.2, 0.25) is 0 Å². The van der Waals surface area contributed by atoms with Crippen LogP contribution >= 0.6 is 0 Å². The van der Waals surface area contributed by atoms with Gasteiger partial charge in [-0.1, -0.05) is 6.07 Å². The number of rotatable bonds is 2. The highest BCUT2D eigenvalue weighted by molar-refractivity contribution is 5.37. The lowest BCUT2D eigenvalue weighted by Gasteiger charge is -2.13. The van der Waals surface area contributed by atoms with Crippen molar-refractivity contribution in [3.63, 3.8) is 0 Å². The second kappa shape index (κ2) is 5.40. The number of hydrogen-bond acceptors (Lipinski definition) is 3. The van der Waals surface area contributed by atoms with Gasteiger partial charge in [-0.2, -0.15) is 23.5 Å². The minimum absolute atomic E-state index is 0.000474. The quantitative estimate of drug-likeness (QED) is 0.855. The molecule has 1 heterocycles. The Morgan fingerprint density at radius 3 is 2.67 bits per heavy atom. The Morgan fingerprint density at radius 2 is 2.05 bits per heavy atom. The summed E-state index contributed by atoms with van der Waals surface area (Å²) in [4.78, 5) is 11.6. The standard InChI is InChI=1S/C14H10F3N3O/c1-9-7-13(21)12(5-6-18)19-20(9)11-4-2-3-10(8-11)14(15,16)17/h2-4,7-8H,5H2,1H3. The highest BCUT2D eigenvalue weighted by Crippen LogP contribution is 2.30. The largest absolute Gasteiger partial charge is 0.416 e. The van der Waals surface area contributed by atoms with Crippen LogP contribution in [0.1, 0.15) is 17.0 Å². The van der Waals surface area contributed by atoms with Gasteiger partial charge in [0.1, 0.15) is 5.69 Å². The van der Waals surface area contributed by atoms with Crippen molar-refractivity contribution < 1.29 is 13.2 Å². The molecule has 0 aliphatic heterocycles. The van der Waals surface area contributed by atoms with E-state index in [0.29, 0.717) is 5.69 Å². The summed E-state index contributed by atoms with van der Waals surface area (Å²) in [5, 5.41) is 12.6. The predicted octanol–water partition coefficient (Wildman–Crippen LogP) is 2.63. The highest BCUT2D eigenvalue weighted by Gasteiger charge is 2.30. The van der Waals surface area contributed by atoms with Gasteiger partial charge in [-0.15, -0.1) is 0 Å². The number of hydrogen-bond donors (Lipinski definition) is 0. The van der Waals surface area contributed by atoms with E-state index in [4.69, 9.17) is 5.26 Å². The molecule has 0 bridgehead atoms. The summed E-state index contributed by atoms with van der Waals surface area (Å²) in [7, 11) is 0. The van der Waals surface area contributed by atoms with E-state index in [1.54, 1.807) is 13.0 Å². The zero-order chi connectivity index (χ0) is 15.6. The van der Waals surface area contributed by atoms with Crippen molar-refractivity contribution >= 4 is 0 Å². The lowest BCUT2D eigenvalue weighted by atomic mass is 10.2. The summed E-state index contributed by atoms with van der Waals surface area (Å²) in [6.45, 7) is 1.56. The fraction of sp³-hybridized carbons (Fsp3) is 0.214. The molecule has 108 valence electrons. The average Bonchev–Trinajstić information content (AvgIpc) is 2.41. The molecule has 0 radical (unpaired) electrons. The van der Waals surface area contributed by atoms with Crippen LogP contribution in [-0.4, -0.2) is 9.78 Å². The summed E-state index contributed by atoms with van der Waals surface area (Å²) >= 11 is 0. The third-order valence-corrected chi connectivity index (χ3v) is 2.84.